The van der Waals surface area contributed by atoms with Crippen LogP contribution in [-0.4, -0.2) is 63.1 Å². The highest BCUT2D eigenvalue weighted by Crippen LogP contribution is 2.51. The molecular formula is C80H61N11. The minimum Gasteiger partial charge on any atom is -0.301 e. The smallest absolute Gasteiger partial charge is 0.160 e. The number of hydrogen-bond acceptors (Lipinski definition) is 11. The van der Waals surface area contributed by atoms with Gasteiger partial charge in [0, 0.05) is 136 Å². The first kappa shape index (κ1) is 56.1. The minimum atomic E-state index is 0.675. The molecule has 16 rings (SSSR count). The Kier molecular flexibility index (Phi) is 15.4. The molecule has 0 spiro atoms. The van der Waals surface area contributed by atoms with Gasteiger partial charge < -0.3 is 4.99 Å². The lowest BCUT2D eigenvalue weighted by atomic mass is 9.91. The van der Waals surface area contributed by atoms with E-state index in [-0.39, 0.29) is 0 Å². The molecule has 4 aliphatic rings. The second-order valence-electron chi connectivity index (χ2n) is 22.9. The Morgan fingerprint density at radius 3 is 1.15 bits per heavy atom. The topological polar surface area (TPSA) is 141 Å². The van der Waals surface area contributed by atoms with Gasteiger partial charge in [0.05, 0.1) is 45.6 Å². The number of nitrogens with zero attached hydrogens (tertiary/aromatic N) is 11. The number of aliphatic imine (C=N–C) groups is 1. The predicted octanol–water partition coefficient (Wildman–Crippen LogP) is 18.3. The number of benzene rings is 4. The summed E-state index contributed by atoms with van der Waals surface area (Å²) in [6.07, 6.45) is 36.0. The maximum absolute atomic E-state index is 5.78. The molecule has 8 heterocycles. The van der Waals surface area contributed by atoms with Crippen molar-refractivity contribution in [1.82, 2.24) is 49.8 Å². The molecule has 4 aromatic carbocycles. The fraction of sp³-hybridized carbons (Fsp3) is 0.113. The molecule has 0 N–H and O–H groups in total. The van der Waals surface area contributed by atoms with Crippen molar-refractivity contribution in [3.63, 3.8) is 0 Å². The lowest BCUT2D eigenvalue weighted by molar-refractivity contribution is 1.03. The third-order valence-corrected chi connectivity index (χ3v) is 17.2. The third-order valence-electron chi connectivity index (χ3n) is 17.2. The molecule has 91 heavy (non-hydrogen) atoms. The molecule has 0 radical (unpaired) electrons. The molecule has 0 saturated carbocycles. The van der Waals surface area contributed by atoms with Crippen LogP contribution < -0.4 is 0 Å². The van der Waals surface area contributed by atoms with Crippen LogP contribution in [0.5, 0.6) is 0 Å². The third kappa shape index (κ3) is 11.0. The van der Waals surface area contributed by atoms with Gasteiger partial charge in [0.25, 0.3) is 0 Å². The molecular weight excluding hydrogens is 1110 g/mol. The van der Waals surface area contributed by atoms with Crippen molar-refractivity contribution in [2.75, 3.05) is 7.05 Å². The largest absolute Gasteiger partial charge is 0.301 e. The van der Waals surface area contributed by atoms with Crippen molar-refractivity contribution in [3.05, 3.63) is 278 Å². The van der Waals surface area contributed by atoms with E-state index in [1.165, 1.54) is 16.7 Å². The number of pyridine rings is 6. The van der Waals surface area contributed by atoms with Crippen LogP contribution in [0.15, 0.2) is 249 Å². The molecule has 0 aliphatic heterocycles. The second kappa shape index (κ2) is 25.0. The zero-order valence-electron chi connectivity index (χ0n) is 50.5. The second-order valence-corrected chi connectivity index (χ2v) is 22.9. The van der Waals surface area contributed by atoms with Crippen LogP contribution >= 0.6 is 0 Å². The van der Waals surface area contributed by atoms with Gasteiger partial charge in [-0.1, -0.05) is 128 Å². The summed E-state index contributed by atoms with van der Waals surface area (Å²) >= 11 is 0. The highest BCUT2D eigenvalue weighted by atomic mass is 14.9. The zero-order valence-corrected chi connectivity index (χ0v) is 50.5. The van der Waals surface area contributed by atoms with E-state index >= 15 is 0 Å². The van der Waals surface area contributed by atoms with Crippen molar-refractivity contribution in [1.29, 1.82) is 0 Å². The lowest BCUT2D eigenvalue weighted by Crippen LogP contribution is -2.04. The highest BCUT2D eigenvalue weighted by Gasteiger charge is 2.33. The first-order valence-electron chi connectivity index (χ1n) is 31.1. The van der Waals surface area contributed by atoms with Crippen LogP contribution in [0.4, 0.5) is 0 Å². The molecule has 0 bridgehead atoms. The highest BCUT2D eigenvalue weighted by molar-refractivity contribution is 5.99. The number of allylic oxidation sites excluding steroid dienone is 8. The summed E-state index contributed by atoms with van der Waals surface area (Å²) in [6.45, 7) is 2.06. The van der Waals surface area contributed by atoms with E-state index < -0.39 is 0 Å². The summed E-state index contributed by atoms with van der Waals surface area (Å²) in [7, 11) is 1.78. The van der Waals surface area contributed by atoms with E-state index in [0.29, 0.717) is 24.5 Å². The molecule has 12 aromatic rings. The van der Waals surface area contributed by atoms with E-state index in [2.05, 4.69) is 178 Å². The maximum Gasteiger partial charge on any atom is 0.160 e. The number of rotatable bonds is 12. The molecule has 8 aromatic heterocycles. The van der Waals surface area contributed by atoms with Gasteiger partial charge in [-0.2, -0.15) is 0 Å². The van der Waals surface area contributed by atoms with Crippen LogP contribution in [0.1, 0.15) is 72.9 Å². The lowest BCUT2D eigenvalue weighted by Gasteiger charge is -2.18. The fourth-order valence-electron chi connectivity index (χ4n) is 12.9. The molecule has 0 amide bonds. The van der Waals surface area contributed by atoms with Gasteiger partial charge in [0.2, 0.25) is 0 Å². The van der Waals surface area contributed by atoms with Gasteiger partial charge in [-0.3, -0.25) is 19.9 Å². The Balaban J connectivity index is 0.00000133. The summed E-state index contributed by atoms with van der Waals surface area (Å²) in [5, 5.41) is 0. The summed E-state index contributed by atoms with van der Waals surface area (Å²) in [4.78, 5) is 54.6. The van der Waals surface area contributed by atoms with Crippen molar-refractivity contribution >= 4 is 17.4 Å². The van der Waals surface area contributed by atoms with Crippen LogP contribution in [0.3, 0.4) is 0 Å². The molecule has 0 saturated heterocycles. The van der Waals surface area contributed by atoms with Crippen LogP contribution in [0.25, 0.3) is 135 Å². The van der Waals surface area contributed by atoms with Crippen molar-refractivity contribution in [3.8, 4) is 123 Å². The van der Waals surface area contributed by atoms with E-state index in [9.17, 15) is 0 Å². The van der Waals surface area contributed by atoms with Crippen molar-refractivity contribution < 1.29 is 0 Å². The van der Waals surface area contributed by atoms with E-state index in [1.807, 2.05) is 104 Å². The van der Waals surface area contributed by atoms with Gasteiger partial charge in [-0.15, -0.1) is 0 Å². The Morgan fingerprint density at radius 1 is 0.363 bits per heavy atom. The average molecular weight is 1180 g/mol. The normalized spacial score (nSPS) is 13.4. The fourth-order valence-corrected chi connectivity index (χ4v) is 12.9. The Labute approximate surface area is 529 Å². The first-order chi connectivity index (χ1) is 45.0. The molecule has 0 atom stereocenters. The van der Waals surface area contributed by atoms with Crippen LogP contribution in [0.2, 0.25) is 0 Å². The minimum absolute atomic E-state index is 0.675. The first-order valence-corrected chi connectivity index (χ1v) is 31.1. The molecule has 11 nitrogen and oxygen atoms in total. The van der Waals surface area contributed by atoms with E-state index in [4.69, 9.17) is 29.9 Å². The monoisotopic (exact) mass is 1180 g/mol. The molecule has 0 unspecified atom stereocenters. The predicted molar refractivity (Wildman–Crippen MR) is 367 cm³/mol. The van der Waals surface area contributed by atoms with Gasteiger partial charge in [-0.05, 0) is 156 Å². The SMILES string of the molecule is C1=CC(c2nc(-c3ccncc3)c(-c3ccc4c(c3)-c3cc(-c5ccccc5)nc(-c5cc(-c6ccccc6)nc6c5Cc5ccc(-c7c(-c8ccncc8)nc(C8=CCCC=C8)nc7-c7ccncc7)cc5-6)c3C4)c(-c3ccncc3)n2)=CCC1.CCC=NC. The molecule has 11 heteroatoms. The number of aromatic nitrogens is 10. The Bertz CT molecular complexity index is 4460. The summed E-state index contributed by atoms with van der Waals surface area (Å²) < 4.78 is 0. The van der Waals surface area contributed by atoms with Crippen molar-refractivity contribution in [2.24, 2.45) is 4.99 Å². The van der Waals surface area contributed by atoms with Crippen LogP contribution in [0, 0.1) is 0 Å². The Hall–Kier alpha value is -11.4. The maximum atomic E-state index is 5.78. The quantitative estimate of drug-likeness (QED) is 0.109. The number of hydrogen-bond donors (Lipinski definition) is 0. The summed E-state index contributed by atoms with van der Waals surface area (Å²) in [5.41, 5.74) is 28.0. The average Bonchev–Trinajstić information content (AvgIpc) is 1.85. The summed E-state index contributed by atoms with van der Waals surface area (Å²) in [5.74, 6) is 1.37. The zero-order chi connectivity index (χ0) is 61.0. The van der Waals surface area contributed by atoms with E-state index in [0.717, 1.165) is 172 Å². The van der Waals surface area contributed by atoms with Gasteiger partial charge >= 0.3 is 0 Å². The van der Waals surface area contributed by atoms with Gasteiger partial charge in [-0.25, -0.2) is 29.9 Å². The van der Waals surface area contributed by atoms with Crippen LogP contribution in [-0.2, 0) is 12.8 Å². The van der Waals surface area contributed by atoms with Gasteiger partial charge in [0.1, 0.15) is 0 Å². The van der Waals surface area contributed by atoms with Gasteiger partial charge in [0.15, 0.2) is 11.6 Å². The summed E-state index contributed by atoms with van der Waals surface area (Å²) in [6, 6.07) is 55.7. The molecule has 436 valence electrons. The van der Waals surface area contributed by atoms with E-state index in [1.54, 1.807) is 7.05 Å². The van der Waals surface area contributed by atoms with Crippen molar-refractivity contribution in [2.45, 2.75) is 51.9 Å². The Morgan fingerprint density at radius 2 is 0.758 bits per heavy atom. The molecule has 0 fully saturated rings. The number of fused-ring (bicyclic) bond motifs is 6. The standard InChI is InChI=1S/C76H52N10.C4H9N/c1-5-13-47(14-6-1)65-45-61-59-43-57(67-69(49-25-33-77-34-26-49)83-75(53-17-9-3-10-18-53)84-70(67)50-27-35-78-36-28-50)23-21-55(59)41-62(61)74(82-65)64-46-66(48-15-7-2-8-16-48)81-73-60-44-58(24-22-56(60)42-63(64)73)68-71(51-29-37-79-38-30-51)85-76(54-19-11-4-12-20-54)86-72(68)52-31-39-80-40-32-52;1-3-4-5-2/h1-2,5-9,11,13-40,43-46H,3-4,10,12,41-42H2;4H,3H2,1-2H3. The molecule has 4 aliphatic carbocycles.